The van der Waals surface area contributed by atoms with E-state index < -0.39 is 10.2 Å². The summed E-state index contributed by atoms with van der Waals surface area (Å²) in [4.78, 5) is 11.6. The van der Waals surface area contributed by atoms with E-state index in [9.17, 15) is 13.2 Å². The summed E-state index contributed by atoms with van der Waals surface area (Å²) in [5.41, 5.74) is 0. The van der Waals surface area contributed by atoms with Gasteiger partial charge in [0.15, 0.2) is 0 Å². The van der Waals surface area contributed by atoms with E-state index in [0.717, 1.165) is 19.3 Å². The van der Waals surface area contributed by atoms with Gasteiger partial charge in [0.05, 0.1) is 0 Å². The van der Waals surface area contributed by atoms with Gasteiger partial charge in [-0.25, -0.2) is 0 Å². The molecule has 2 aliphatic heterocycles. The van der Waals surface area contributed by atoms with E-state index in [0.29, 0.717) is 32.5 Å². The van der Waals surface area contributed by atoms with Gasteiger partial charge in [-0.1, -0.05) is 6.42 Å². The third kappa shape index (κ3) is 3.15. The molecule has 0 aromatic heterocycles. The summed E-state index contributed by atoms with van der Waals surface area (Å²) in [6, 6.07) is 0.0883. The molecule has 20 heavy (non-hydrogen) atoms. The summed E-state index contributed by atoms with van der Waals surface area (Å²) in [6.45, 7) is 3.50. The lowest BCUT2D eigenvalue weighted by atomic mass is 9.97. The normalized spacial score (nSPS) is 27.4. The summed E-state index contributed by atoms with van der Waals surface area (Å²) in [5, 5.41) is 2.64. The first-order valence-corrected chi connectivity index (χ1v) is 8.85. The molecule has 0 bridgehead atoms. The molecule has 0 saturated carbocycles. The molecule has 6 nitrogen and oxygen atoms in total. The molecule has 1 N–H and O–H groups in total. The van der Waals surface area contributed by atoms with Gasteiger partial charge in [-0.15, -0.1) is 0 Å². The average molecular weight is 303 g/mol. The average Bonchev–Trinajstić information content (AvgIpc) is 2.47. The maximum Gasteiger partial charge on any atom is 0.282 e. The van der Waals surface area contributed by atoms with Crippen molar-refractivity contribution < 1.29 is 13.2 Å². The van der Waals surface area contributed by atoms with Crippen LogP contribution in [0.2, 0.25) is 0 Å². The monoisotopic (exact) mass is 303 g/mol. The van der Waals surface area contributed by atoms with Crippen molar-refractivity contribution in [2.75, 3.05) is 26.7 Å². The van der Waals surface area contributed by atoms with Crippen LogP contribution in [0, 0.1) is 5.92 Å². The number of carbonyl (C=O) groups is 1. The van der Waals surface area contributed by atoms with Crippen molar-refractivity contribution >= 4 is 16.1 Å². The molecule has 1 amide bonds. The van der Waals surface area contributed by atoms with Crippen molar-refractivity contribution in [2.24, 2.45) is 5.92 Å². The molecule has 2 rings (SSSR count). The van der Waals surface area contributed by atoms with E-state index in [-0.39, 0.29) is 17.9 Å². The predicted molar refractivity (Wildman–Crippen MR) is 77.3 cm³/mol. The van der Waals surface area contributed by atoms with Crippen molar-refractivity contribution in [3.63, 3.8) is 0 Å². The highest BCUT2D eigenvalue weighted by Crippen LogP contribution is 2.26. The van der Waals surface area contributed by atoms with Gasteiger partial charge < -0.3 is 5.32 Å². The first-order valence-electron chi connectivity index (χ1n) is 7.45. The quantitative estimate of drug-likeness (QED) is 0.828. The molecule has 7 heteroatoms. The number of hydrogen-bond acceptors (Lipinski definition) is 3. The Morgan fingerprint density at radius 3 is 2.30 bits per heavy atom. The molecular formula is C13H25N3O3S. The third-order valence-corrected chi connectivity index (χ3v) is 6.59. The number of hydrogen-bond donors (Lipinski definition) is 1. The van der Waals surface area contributed by atoms with Crippen LogP contribution >= 0.6 is 0 Å². The molecule has 0 aromatic rings. The minimum atomic E-state index is -3.36. The van der Waals surface area contributed by atoms with Gasteiger partial charge in [-0.3, -0.25) is 4.79 Å². The Kier molecular flexibility index (Phi) is 5.04. The smallest absolute Gasteiger partial charge is 0.282 e. The number of nitrogens with zero attached hydrogens (tertiary/aromatic N) is 2. The summed E-state index contributed by atoms with van der Waals surface area (Å²) in [5.74, 6) is -0.0291. The zero-order valence-electron chi connectivity index (χ0n) is 12.3. The van der Waals surface area contributed by atoms with E-state index in [2.05, 4.69) is 5.32 Å². The molecule has 2 saturated heterocycles. The van der Waals surface area contributed by atoms with E-state index in [1.807, 2.05) is 6.92 Å². The topological polar surface area (TPSA) is 69.7 Å². The summed E-state index contributed by atoms with van der Waals surface area (Å²) < 4.78 is 28.5. The SMILES string of the molecule is CNC(=O)C1CCN(S(=O)(=O)N2CCCCC2C)CC1. The Morgan fingerprint density at radius 1 is 1.10 bits per heavy atom. The van der Waals surface area contributed by atoms with Gasteiger partial charge in [-0.2, -0.15) is 17.0 Å². The second-order valence-corrected chi connectivity index (χ2v) is 7.63. The fourth-order valence-electron chi connectivity index (χ4n) is 3.12. The van der Waals surface area contributed by atoms with Crippen LogP contribution in [0.25, 0.3) is 0 Å². The molecule has 2 fully saturated rings. The molecule has 2 aliphatic rings. The van der Waals surface area contributed by atoms with Gasteiger partial charge in [-0.05, 0) is 32.6 Å². The molecule has 0 spiro atoms. The molecule has 1 unspecified atom stereocenters. The van der Waals surface area contributed by atoms with Crippen molar-refractivity contribution in [3.8, 4) is 0 Å². The Morgan fingerprint density at radius 2 is 1.75 bits per heavy atom. The van der Waals surface area contributed by atoms with Gasteiger partial charge in [0.25, 0.3) is 10.2 Å². The molecule has 116 valence electrons. The highest BCUT2D eigenvalue weighted by Gasteiger charge is 2.37. The van der Waals surface area contributed by atoms with E-state index >= 15 is 0 Å². The van der Waals surface area contributed by atoms with Crippen molar-refractivity contribution in [1.29, 1.82) is 0 Å². The predicted octanol–water partition coefficient (Wildman–Crippen LogP) is 0.564. The molecule has 2 heterocycles. The van der Waals surface area contributed by atoms with Gasteiger partial charge in [0.2, 0.25) is 5.91 Å². The number of carbonyl (C=O) groups excluding carboxylic acids is 1. The Labute approximate surface area is 121 Å². The van der Waals surface area contributed by atoms with Crippen LogP contribution in [0.1, 0.15) is 39.0 Å². The first kappa shape index (κ1) is 15.7. The van der Waals surface area contributed by atoms with E-state index in [1.165, 1.54) is 0 Å². The lowest BCUT2D eigenvalue weighted by molar-refractivity contribution is -0.125. The highest BCUT2D eigenvalue weighted by molar-refractivity contribution is 7.86. The maximum atomic E-state index is 12.6. The van der Waals surface area contributed by atoms with E-state index in [1.54, 1.807) is 15.7 Å². The molecule has 0 aliphatic carbocycles. The van der Waals surface area contributed by atoms with Crippen LogP contribution in [-0.2, 0) is 15.0 Å². The fourth-order valence-corrected chi connectivity index (χ4v) is 5.00. The number of rotatable bonds is 3. The van der Waals surface area contributed by atoms with Crippen LogP contribution in [-0.4, -0.2) is 55.7 Å². The van der Waals surface area contributed by atoms with Crippen molar-refractivity contribution in [1.82, 2.24) is 13.9 Å². The Balaban J connectivity index is 2.00. The van der Waals surface area contributed by atoms with E-state index in [4.69, 9.17) is 0 Å². The van der Waals surface area contributed by atoms with Gasteiger partial charge >= 0.3 is 0 Å². The third-order valence-electron chi connectivity index (χ3n) is 4.44. The van der Waals surface area contributed by atoms with Gasteiger partial charge in [0, 0.05) is 38.6 Å². The number of nitrogens with one attached hydrogen (secondary N) is 1. The lowest BCUT2D eigenvalue weighted by Crippen LogP contribution is -2.52. The van der Waals surface area contributed by atoms with Crippen molar-refractivity contribution in [3.05, 3.63) is 0 Å². The standard InChI is InChI=1S/C13H25N3O3S/c1-11-5-3-4-8-16(11)20(18,19)15-9-6-12(7-10-15)13(17)14-2/h11-12H,3-10H2,1-2H3,(H,14,17). The minimum Gasteiger partial charge on any atom is -0.359 e. The van der Waals surface area contributed by atoms with Crippen LogP contribution in [0.15, 0.2) is 0 Å². The molecule has 1 atom stereocenters. The fraction of sp³-hybridized carbons (Fsp3) is 0.923. The highest BCUT2D eigenvalue weighted by atomic mass is 32.2. The molecule has 0 radical (unpaired) electrons. The second kappa shape index (κ2) is 6.41. The zero-order chi connectivity index (χ0) is 14.8. The van der Waals surface area contributed by atoms with Crippen LogP contribution < -0.4 is 5.32 Å². The first-order chi connectivity index (χ1) is 9.46. The molecular weight excluding hydrogens is 278 g/mol. The summed E-state index contributed by atoms with van der Waals surface area (Å²) in [6.07, 6.45) is 4.21. The molecule has 0 aromatic carbocycles. The maximum absolute atomic E-state index is 12.6. The zero-order valence-corrected chi connectivity index (χ0v) is 13.2. The lowest BCUT2D eigenvalue weighted by Gasteiger charge is -2.38. The van der Waals surface area contributed by atoms with Crippen molar-refractivity contribution in [2.45, 2.75) is 45.1 Å². The Hall–Kier alpha value is -0.660. The second-order valence-electron chi connectivity index (χ2n) is 5.75. The van der Waals surface area contributed by atoms with Gasteiger partial charge in [0.1, 0.15) is 0 Å². The Bertz CT molecular complexity index is 444. The van der Waals surface area contributed by atoms with Crippen LogP contribution in [0.3, 0.4) is 0 Å². The summed E-state index contributed by atoms with van der Waals surface area (Å²) >= 11 is 0. The minimum absolute atomic E-state index is 0.0217. The largest absolute Gasteiger partial charge is 0.359 e. The van der Waals surface area contributed by atoms with Crippen LogP contribution in [0.4, 0.5) is 0 Å². The van der Waals surface area contributed by atoms with Crippen LogP contribution in [0.5, 0.6) is 0 Å². The number of piperidine rings is 2. The summed E-state index contributed by atoms with van der Waals surface area (Å²) in [7, 11) is -1.73. The number of amides is 1.